The monoisotopic (exact) mass is 293 g/mol. The number of aliphatic hydroxyl groups excluding tert-OH is 1. The number of imide groups is 1. The van der Waals surface area contributed by atoms with Crippen molar-refractivity contribution in [1.29, 1.82) is 0 Å². The van der Waals surface area contributed by atoms with Crippen LogP contribution in [0.4, 0.5) is 4.39 Å². The lowest BCUT2D eigenvalue weighted by molar-refractivity contribution is -0.127. The number of carbonyl (C=O) groups is 2. The maximum atomic E-state index is 15.2. The molecule has 1 heterocycles. The van der Waals surface area contributed by atoms with Crippen LogP contribution < -0.4 is 5.32 Å². The van der Waals surface area contributed by atoms with E-state index in [0.29, 0.717) is 5.56 Å². The van der Waals surface area contributed by atoms with Crippen LogP contribution in [0.3, 0.4) is 0 Å². The van der Waals surface area contributed by atoms with E-state index in [0.717, 1.165) is 6.08 Å². The Morgan fingerprint density at radius 1 is 1.25 bits per heavy atom. The zero-order valence-corrected chi connectivity index (χ0v) is 10.8. The van der Waals surface area contributed by atoms with Gasteiger partial charge in [0.25, 0.3) is 5.91 Å². The standard InChI is InChI=1S/C14H9ClFNO3/c15-11-9(18)6-8-12(19)17-13(20)14(8,16)10(11)7-4-2-1-3-5-7/h1-6,8,18H,(H,17,19,20). The van der Waals surface area contributed by atoms with Crippen molar-refractivity contribution in [2.75, 3.05) is 0 Å². The van der Waals surface area contributed by atoms with Crippen LogP contribution in [0, 0.1) is 5.92 Å². The lowest BCUT2D eigenvalue weighted by atomic mass is 9.77. The largest absolute Gasteiger partial charge is 0.507 e. The van der Waals surface area contributed by atoms with Crippen LogP contribution >= 0.6 is 11.6 Å². The normalized spacial score (nSPS) is 29.1. The predicted molar refractivity (Wildman–Crippen MR) is 70.4 cm³/mol. The molecule has 2 amide bonds. The topological polar surface area (TPSA) is 66.4 Å². The van der Waals surface area contributed by atoms with Crippen molar-refractivity contribution >= 4 is 29.0 Å². The quantitative estimate of drug-likeness (QED) is 0.779. The van der Waals surface area contributed by atoms with Gasteiger partial charge in [-0.1, -0.05) is 41.9 Å². The first-order chi connectivity index (χ1) is 9.46. The smallest absolute Gasteiger partial charge is 0.270 e. The van der Waals surface area contributed by atoms with Crippen molar-refractivity contribution in [3.8, 4) is 0 Å². The number of allylic oxidation sites excluding steroid dienone is 1. The number of rotatable bonds is 1. The average molecular weight is 294 g/mol. The van der Waals surface area contributed by atoms with Gasteiger partial charge in [-0.3, -0.25) is 14.9 Å². The highest BCUT2D eigenvalue weighted by Crippen LogP contribution is 2.48. The Labute approximate surface area is 118 Å². The Kier molecular flexibility index (Phi) is 2.69. The fourth-order valence-corrected chi connectivity index (χ4v) is 2.83. The number of nitrogens with one attached hydrogen (secondary N) is 1. The van der Waals surface area contributed by atoms with E-state index in [4.69, 9.17) is 11.6 Å². The summed E-state index contributed by atoms with van der Waals surface area (Å²) in [4.78, 5) is 23.5. The molecule has 0 saturated carbocycles. The molecule has 3 rings (SSSR count). The number of hydrogen-bond donors (Lipinski definition) is 2. The molecule has 0 bridgehead atoms. The molecule has 6 heteroatoms. The molecule has 20 heavy (non-hydrogen) atoms. The lowest BCUT2D eigenvalue weighted by Gasteiger charge is -2.29. The number of carbonyl (C=O) groups excluding carboxylic acids is 2. The maximum Gasteiger partial charge on any atom is 0.270 e. The molecule has 2 aliphatic rings. The molecule has 0 spiro atoms. The summed E-state index contributed by atoms with van der Waals surface area (Å²) in [6.45, 7) is 0. The van der Waals surface area contributed by atoms with Gasteiger partial charge in [0.15, 0.2) is 0 Å². The fraction of sp³-hybridized carbons (Fsp3) is 0.143. The summed E-state index contributed by atoms with van der Waals surface area (Å²) in [6, 6.07) is 8.14. The Morgan fingerprint density at radius 2 is 1.90 bits per heavy atom. The SMILES string of the molecule is O=C1NC(=O)C2(F)C(c3ccccc3)=C(Cl)C(O)=CC12. The van der Waals surface area contributed by atoms with Gasteiger partial charge in [0.1, 0.15) is 11.7 Å². The van der Waals surface area contributed by atoms with E-state index in [1.165, 1.54) is 0 Å². The third-order valence-electron chi connectivity index (χ3n) is 3.47. The molecular weight excluding hydrogens is 285 g/mol. The minimum absolute atomic E-state index is 0.187. The van der Waals surface area contributed by atoms with E-state index in [9.17, 15) is 14.7 Å². The van der Waals surface area contributed by atoms with E-state index < -0.39 is 29.2 Å². The molecule has 4 nitrogen and oxygen atoms in total. The number of fused-ring (bicyclic) bond motifs is 1. The van der Waals surface area contributed by atoms with Gasteiger partial charge >= 0.3 is 0 Å². The zero-order valence-electron chi connectivity index (χ0n) is 10.1. The molecule has 1 aromatic carbocycles. The van der Waals surface area contributed by atoms with Gasteiger partial charge < -0.3 is 5.11 Å². The van der Waals surface area contributed by atoms with Crippen LogP contribution in [0.25, 0.3) is 5.57 Å². The molecule has 1 aromatic rings. The number of hydrogen-bond acceptors (Lipinski definition) is 3. The van der Waals surface area contributed by atoms with Gasteiger partial charge in [-0.2, -0.15) is 0 Å². The van der Waals surface area contributed by atoms with Crippen LogP contribution in [0.5, 0.6) is 0 Å². The fourth-order valence-electron chi connectivity index (χ4n) is 2.52. The van der Waals surface area contributed by atoms with Crippen molar-refractivity contribution in [3.63, 3.8) is 0 Å². The molecule has 1 fully saturated rings. The Hall–Kier alpha value is -2.14. The van der Waals surface area contributed by atoms with Crippen LogP contribution in [0.2, 0.25) is 0 Å². The third-order valence-corrected chi connectivity index (χ3v) is 3.86. The second kappa shape index (κ2) is 4.18. The molecule has 102 valence electrons. The number of amides is 2. The third kappa shape index (κ3) is 1.53. The summed E-state index contributed by atoms with van der Waals surface area (Å²) in [5.41, 5.74) is -2.44. The molecule has 1 saturated heterocycles. The van der Waals surface area contributed by atoms with Crippen molar-refractivity contribution in [3.05, 3.63) is 52.8 Å². The first-order valence-electron chi connectivity index (χ1n) is 5.87. The Balaban J connectivity index is 2.29. The van der Waals surface area contributed by atoms with Crippen LogP contribution in [-0.2, 0) is 9.59 Å². The van der Waals surface area contributed by atoms with Crippen LogP contribution in [0.15, 0.2) is 47.2 Å². The first kappa shape index (κ1) is 12.9. The van der Waals surface area contributed by atoms with Gasteiger partial charge in [-0.05, 0) is 11.6 Å². The molecule has 2 unspecified atom stereocenters. The van der Waals surface area contributed by atoms with Gasteiger partial charge in [0.2, 0.25) is 11.6 Å². The van der Waals surface area contributed by atoms with Gasteiger partial charge in [-0.25, -0.2) is 4.39 Å². The highest BCUT2D eigenvalue weighted by atomic mass is 35.5. The average Bonchev–Trinajstić information content (AvgIpc) is 2.64. The van der Waals surface area contributed by atoms with E-state index in [2.05, 4.69) is 0 Å². The number of benzene rings is 1. The second-order valence-electron chi connectivity index (χ2n) is 4.61. The highest BCUT2D eigenvalue weighted by Gasteiger charge is 2.61. The van der Waals surface area contributed by atoms with E-state index in [1.807, 2.05) is 5.32 Å². The van der Waals surface area contributed by atoms with Crippen LogP contribution in [0.1, 0.15) is 5.56 Å². The van der Waals surface area contributed by atoms with Crippen molar-refractivity contribution in [2.45, 2.75) is 5.67 Å². The van der Waals surface area contributed by atoms with Gasteiger partial charge in [0.05, 0.1) is 5.03 Å². The summed E-state index contributed by atoms with van der Waals surface area (Å²) >= 11 is 5.97. The maximum absolute atomic E-state index is 15.2. The summed E-state index contributed by atoms with van der Waals surface area (Å²) in [5, 5.41) is 11.5. The van der Waals surface area contributed by atoms with Crippen molar-refractivity contribution in [1.82, 2.24) is 5.32 Å². The van der Waals surface area contributed by atoms with E-state index >= 15 is 4.39 Å². The Bertz CT molecular complexity index is 683. The molecule has 0 aromatic heterocycles. The van der Waals surface area contributed by atoms with E-state index in [1.54, 1.807) is 30.3 Å². The predicted octanol–water partition coefficient (Wildman–Crippen LogP) is 2.07. The molecule has 1 aliphatic carbocycles. The molecular formula is C14H9ClFNO3. The minimum Gasteiger partial charge on any atom is -0.507 e. The van der Waals surface area contributed by atoms with Crippen molar-refractivity contribution < 1.29 is 19.1 Å². The molecule has 2 atom stereocenters. The van der Waals surface area contributed by atoms with Gasteiger partial charge in [0, 0.05) is 5.57 Å². The summed E-state index contributed by atoms with van der Waals surface area (Å²) < 4.78 is 15.2. The molecule has 0 radical (unpaired) electrons. The highest BCUT2D eigenvalue weighted by molar-refractivity contribution is 6.37. The van der Waals surface area contributed by atoms with Crippen LogP contribution in [-0.4, -0.2) is 22.6 Å². The summed E-state index contributed by atoms with van der Waals surface area (Å²) in [7, 11) is 0. The number of alkyl halides is 1. The summed E-state index contributed by atoms with van der Waals surface area (Å²) in [6.07, 6.45) is 0.967. The second-order valence-corrected chi connectivity index (χ2v) is 4.99. The Morgan fingerprint density at radius 3 is 2.55 bits per heavy atom. The van der Waals surface area contributed by atoms with Gasteiger partial charge in [-0.15, -0.1) is 0 Å². The first-order valence-corrected chi connectivity index (χ1v) is 6.25. The minimum atomic E-state index is -2.60. The lowest BCUT2D eigenvalue weighted by Crippen LogP contribution is -2.41. The number of halogens is 2. The number of aliphatic hydroxyl groups is 1. The van der Waals surface area contributed by atoms with Crippen molar-refractivity contribution in [2.24, 2.45) is 5.92 Å². The van der Waals surface area contributed by atoms with E-state index in [-0.39, 0.29) is 10.6 Å². The summed E-state index contributed by atoms with van der Waals surface area (Å²) in [5.74, 6) is -3.67. The zero-order chi connectivity index (χ0) is 14.5. The molecule has 2 N–H and O–H groups in total. The molecule has 1 aliphatic heterocycles.